The highest BCUT2D eigenvalue weighted by atomic mass is 16.6. The minimum atomic E-state index is -1.14. The van der Waals surface area contributed by atoms with Crippen molar-refractivity contribution in [2.75, 3.05) is 6.54 Å². The van der Waals surface area contributed by atoms with Crippen molar-refractivity contribution < 1.29 is 24.2 Å². The Labute approximate surface area is 124 Å². The molecule has 0 spiro atoms. The van der Waals surface area contributed by atoms with Crippen LogP contribution in [-0.2, 0) is 14.3 Å². The molecule has 0 aliphatic carbocycles. The lowest BCUT2D eigenvalue weighted by atomic mass is 10.1. The van der Waals surface area contributed by atoms with Crippen molar-refractivity contribution >= 4 is 18.0 Å². The number of amides is 2. The van der Waals surface area contributed by atoms with Gasteiger partial charge in [-0.3, -0.25) is 4.79 Å². The predicted molar refractivity (Wildman–Crippen MR) is 76.7 cm³/mol. The van der Waals surface area contributed by atoms with Crippen molar-refractivity contribution in [1.29, 1.82) is 0 Å². The second kappa shape index (κ2) is 8.46. The van der Waals surface area contributed by atoms with E-state index in [0.717, 1.165) is 0 Å². The number of hydrogen-bond acceptors (Lipinski definition) is 5. The van der Waals surface area contributed by atoms with Crippen molar-refractivity contribution in [3.05, 3.63) is 0 Å². The van der Waals surface area contributed by atoms with E-state index in [4.69, 9.17) is 15.6 Å². The highest BCUT2D eigenvalue weighted by Gasteiger charge is 2.21. The zero-order valence-corrected chi connectivity index (χ0v) is 12.9. The summed E-state index contributed by atoms with van der Waals surface area (Å²) in [4.78, 5) is 33.7. The summed E-state index contributed by atoms with van der Waals surface area (Å²) in [6, 6.07) is -1.80. The van der Waals surface area contributed by atoms with E-state index in [-0.39, 0.29) is 13.0 Å². The zero-order chi connectivity index (χ0) is 16.6. The van der Waals surface area contributed by atoms with Crippen LogP contribution in [0.25, 0.3) is 0 Å². The van der Waals surface area contributed by atoms with E-state index in [1.54, 1.807) is 20.8 Å². The molecule has 0 heterocycles. The average Bonchev–Trinajstić information content (AvgIpc) is 2.29. The van der Waals surface area contributed by atoms with Crippen LogP contribution in [0.5, 0.6) is 0 Å². The Morgan fingerprint density at radius 2 is 1.86 bits per heavy atom. The van der Waals surface area contributed by atoms with E-state index in [1.807, 2.05) is 0 Å². The maximum atomic E-state index is 11.4. The fourth-order valence-electron chi connectivity index (χ4n) is 1.37. The Morgan fingerprint density at radius 1 is 1.29 bits per heavy atom. The Bertz CT molecular complexity index is 376. The highest BCUT2D eigenvalue weighted by Crippen LogP contribution is 2.06. The number of hydrogen-bond donors (Lipinski definition) is 4. The molecular formula is C13H25N3O5. The van der Waals surface area contributed by atoms with Gasteiger partial charge in [0.1, 0.15) is 11.6 Å². The summed E-state index contributed by atoms with van der Waals surface area (Å²) in [7, 11) is 0. The van der Waals surface area contributed by atoms with Gasteiger partial charge < -0.3 is 26.2 Å². The molecular weight excluding hydrogens is 278 g/mol. The first-order chi connectivity index (χ1) is 9.53. The monoisotopic (exact) mass is 303 g/mol. The molecule has 0 aliphatic rings. The van der Waals surface area contributed by atoms with Gasteiger partial charge in [0.25, 0.3) is 0 Å². The van der Waals surface area contributed by atoms with Gasteiger partial charge in [-0.1, -0.05) is 0 Å². The Hall–Kier alpha value is -1.83. The first-order valence-electron chi connectivity index (χ1n) is 6.78. The first kappa shape index (κ1) is 19.2. The molecule has 0 saturated carbocycles. The number of carbonyl (C=O) groups excluding carboxylic acids is 2. The summed E-state index contributed by atoms with van der Waals surface area (Å²) in [6.07, 6.45) is 0.00737. The topological polar surface area (TPSA) is 131 Å². The van der Waals surface area contributed by atoms with Gasteiger partial charge in [-0.05, 0) is 40.5 Å². The molecule has 0 aromatic carbocycles. The third-order valence-corrected chi connectivity index (χ3v) is 2.37. The Kier molecular flexibility index (Phi) is 7.72. The largest absolute Gasteiger partial charge is 0.480 e. The summed E-state index contributed by atoms with van der Waals surface area (Å²) in [6.45, 7) is 6.97. The Morgan fingerprint density at radius 3 is 2.29 bits per heavy atom. The maximum Gasteiger partial charge on any atom is 0.407 e. The molecule has 2 amide bonds. The summed E-state index contributed by atoms with van der Waals surface area (Å²) >= 11 is 0. The van der Waals surface area contributed by atoms with Crippen LogP contribution < -0.4 is 16.4 Å². The number of alkyl carbamates (subject to hydrolysis) is 1. The molecule has 8 nitrogen and oxygen atoms in total. The van der Waals surface area contributed by atoms with Crippen molar-refractivity contribution in [3.8, 4) is 0 Å². The molecule has 2 atom stereocenters. The van der Waals surface area contributed by atoms with Gasteiger partial charge in [0.15, 0.2) is 0 Å². The molecule has 0 fully saturated rings. The third-order valence-electron chi connectivity index (χ3n) is 2.37. The van der Waals surface area contributed by atoms with E-state index >= 15 is 0 Å². The van der Waals surface area contributed by atoms with Gasteiger partial charge in [-0.25, -0.2) is 9.59 Å². The fraction of sp³-hybridized carbons (Fsp3) is 0.769. The molecule has 122 valence electrons. The summed E-state index contributed by atoms with van der Waals surface area (Å²) in [5, 5.41) is 13.9. The second-order valence-corrected chi connectivity index (χ2v) is 5.76. The molecule has 8 heteroatoms. The van der Waals surface area contributed by atoms with Crippen LogP contribution in [0.15, 0.2) is 0 Å². The highest BCUT2D eigenvalue weighted by molar-refractivity contribution is 5.86. The van der Waals surface area contributed by atoms with Crippen LogP contribution in [-0.4, -0.2) is 47.3 Å². The van der Waals surface area contributed by atoms with Gasteiger partial charge in [-0.2, -0.15) is 0 Å². The lowest BCUT2D eigenvalue weighted by Crippen LogP contribution is -2.47. The summed E-state index contributed by atoms with van der Waals surface area (Å²) in [5.41, 5.74) is 4.77. The number of rotatable bonds is 7. The van der Waals surface area contributed by atoms with Gasteiger partial charge in [0.05, 0.1) is 6.04 Å². The number of carboxylic acids is 1. The molecule has 0 bridgehead atoms. The third kappa shape index (κ3) is 9.67. The molecule has 2 unspecified atom stereocenters. The smallest absolute Gasteiger partial charge is 0.407 e. The predicted octanol–water partition coefficient (Wildman–Crippen LogP) is 0.208. The van der Waals surface area contributed by atoms with E-state index in [0.29, 0.717) is 6.42 Å². The first-order valence-corrected chi connectivity index (χ1v) is 6.78. The zero-order valence-electron chi connectivity index (χ0n) is 12.9. The van der Waals surface area contributed by atoms with E-state index in [9.17, 15) is 14.4 Å². The maximum absolute atomic E-state index is 11.4. The van der Waals surface area contributed by atoms with Crippen LogP contribution in [0.3, 0.4) is 0 Å². The van der Waals surface area contributed by atoms with Gasteiger partial charge in [0.2, 0.25) is 5.91 Å². The molecule has 0 saturated heterocycles. The van der Waals surface area contributed by atoms with Gasteiger partial charge >= 0.3 is 12.1 Å². The minimum absolute atomic E-state index is 0.184. The van der Waals surface area contributed by atoms with Crippen LogP contribution in [0.4, 0.5) is 4.79 Å². The average molecular weight is 303 g/mol. The van der Waals surface area contributed by atoms with E-state index in [2.05, 4.69) is 10.6 Å². The number of carbonyl (C=O) groups is 3. The molecule has 0 aromatic rings. The van der Waals surface area contributed by atoms with Crippen molar-refractivity contribution in [2.24, 2.45) is 5.73 Å². The quantitative estimate of drug-likeness (QED) is 0.497. The Balaban J connectivity index is 4.08. The van der Waals surface area contributed by atoms with Gasteiger partial charge in [-0.15, -0.1) is 0 Å². The molecule has 0 rings (SSSR count). The normalized spacial score (nSPS) is 14.0. The fourth-order valence-corrected chi connectivity index (χ4v) is 1.37. The summed E-state index contributed by atoms with van der Waals surface area (Å²) in [5.74, 6) is -1.66. The standard InChI is InChI=1S/C13H25N3O5/c1-8(14)10(17)16-9(11(18)19)6-5-7-15-12(20)21-13(2,3)4/h8-9H,5-7,14H2,1-4H3,(H,15,20)(H,16,17)(H,18,19). The van der Waals surface area contributed by atoms with E-state index < -0.39 is 35.7 Å². The number of carboxylic acid groups (broad SMARTS) is 1. The molecule has 21 heavy (non-hydrogen) atoms. The molecule has 0 aromatic heterocycles. The van der Waals surface area contributed by atoms with Crippen LogP contribution in [0.2, 0.25) is 0 Å². The SMILES string of the molecule is CC(N)C(=O)NC(CCCNC(=O)OC(C)(C)C)C(=O)O. The van der Waals surface area contributed by atoms with Crippen LogP contribution >= 0.6 is 0 Å². The molecule has 0 aliphatic heterocycles. The van der Waals surface area contributed by atoms with Crippen molar-refractivity contribution in [1.82, 2.24) is 10.6 Å². The van der Waals surface area contributed by atoms with Crippen molar-refractivity contribution in [3.63, 3.8) is 0 Å². The number of ether oxygens (including phenoxy) is 1. The number of nitrogens with two attached hydrogens (primary N) is 1. The molecule has 5 N–H and O–H groups in total. The lowest BCUT2D eigenvalue weighted by Gasteiger charge is -2.20. The lowest BCUT2D eigenvalue weighted by molar-refractivity contribution is -0.142. The summed E-state index contributed by atoms with van der Waals surface area (Å²) < 4.78 is 5.04. The van der Waals surface area contributed by atoms with Crippen LogP contribution in [0.1, 0.15) is 40.5 Å². The van der Waals surface area contributed by atoms with Crippen molar-refractivity contribution in [2.45, 2.75) is 58.2 Å². The second-order valence-electron chi connectivity index (χ2n) is 5.76. The molecule has 0 radical (unpaired) electrons. The van der Waals surface area contributed by atoms with Crippen LogP contribution in [0, 0.1) is 0 Å². The van der Waals surface area contributed by atoms with E-state index in [1.165, 1.54) is 6.92 Å². The number of nitrogens with one attached hydrogen (secondary N) is 2. The minimum Gasteiger partial charge on any atom is -0.480 e. The van der Waals surface area contributed by atoms with Gasteiger partial charge in [0, 0.05) is 6.54 Å². The number of aliphatic carboxylic acids is 1.